The summed E-state index contributed by atoms with van der Waals surface area (Å²) in [4.78, 5) is 11.7. The number of rotatable bonds is 4. The molecule has 4 heteroatoms. The minimum atomic E-state index is -1.20. The van der Waals surface area contributed by atoms with Gasteiger partial charge in [0.1, 0.15) is 5.82 Å². The van der Waals surface area contributed by atoms with Crippen molar-refractivity contribution in [3.63, 3.8) is 0 Å². The van der Waals surface area contributed by atoms with Gasteiger partial charge in [0.2, 0.25) is 0 Å². The molecular formula is C16H14ClFO2. The molecule has 0 radical (unpaired) electrons. The molecule has 2 aromatic rings. The van der Waals surface area contributed by atoms with E-state index in [-0.39, 0.29) is 6.42 Å². The molecule has 2 nitrogen and oxygen atoms in total. The van der Waals surface area contributed by atoms with Crippen molar-refractivity contribution in [2.24, 2.45) is 0 Å². The molecule has 0 fully saturated rings. The predicted octanol–water partition coefficient (Wildman–Crippen LogP) is 4.06. The van der Waals surface area contributed by atoms with Crippen LogP contribution in [0.15, 0.2) is 48.5 Å². The number of halogens is 2. The number of hydrogen-bond acceptors (Lipinski definition) is 1. The zero-order valence-corrected chi connectivity index (χ0v) is 11.7. The molecule has 2 rings (SSSR count). The maximum atomic E-state index is 13.3. The molecule has 20 heavy (non-hydrogen) atoms. The van der Waals surface area contributed by atoms with E-state index in [2.05, 4.69) is 0 Å². The Balaban J connectivity index is 2.42. The average Bonchev–Trinajstić information content (AvgIpc) is 2.38. The van der Waals surface area contributed by atoms with Crippen molar-refractivity contribution < 1.29 is 14.3 Å². The maximum absolute atomic E-state index is 13.3. The monoisotopic (exact) mass is 292 g/mol. The van der Waals surface area contributed by atoms with E-state index >= 15 is 0 Å². The summed E-state index contributed by atoms with van der Waals surface area (Å²) in [7, 11) is 0. The van der Waals surface area contributed by atoms with Crippen LogP contribution in [0.25, 0.3) is 0 Å². The second kappa shape index (κ2) is 5.63. The third-order valence-corrected chi connectivity index (χ3v) is 3.62. The number of aliphatic carboxylic acids is 1. The van der Waals surface area contributed by atoms with Crippen molar-refractivity contribution in [2.75, 3.05) is 0 Å². The summed E-state index contributed by atoms with van der Waals surface area (Å²) in [5, 5.41) is 10.1. The standard InChI is InChI=1S/C16H14ClFO2/c1-16(15(19)20,12-5-3-7-14(18)9-12)10-11-4-2-6-13(17)8-11/h2-9H,10H2,1H3,(H,19,20). The van der Waals surface area contributed by atoms with Gasteiger partial charge in [-0.3, -0.25) is 4.79 Å². The van der Waals surface area contributed by atoms with Gasteiger partial charge >= 0.3 is 5.97 Å². The SMILES string of the molecule is CC(Cc1cccc(Cl)c1)(C(=O)O)c1cccc(F)c1. The molecule has 104 valence electrons. The number of benzene rings is 2. The fourth-order valence-electron chi connectivity index (χ4n) is 2.19. The van der Waals surface area contributed by atoms with Crippen LogP contribution in [-0.4, -0.2) is 11.1 Å². The molecule has 1 N–H and O–H groups in total. The molecule has 0 amide bonds. The molecule has 0 aromatic heterocycles. The van der Waals surface area contributed by atoms with Crippen LogP contribution in [0.3, 0.4) is 0 Å². The lowest BCUT2D eigenvalue weighted by Crippen LogP contribution is -2.35. The lowest BCUT2D eigenvalue weighted by atomic mass is 9.77. The van der Waals surface area contributed by atoms with Gasteiger partial charge in [0.15, 0.2) is 0 Å². The Bertz CT molecular complexity index is 642. The van der Waals surface area contributed by atoms with Crippen molar-refractivity contribution >= 4 is 17.6 Å². The Hall–Kier alpha value is -1.87. The largest absolute Gasteiger partial charge is 0.481 e. The van der Waals surface area contributed by atoms with Gasteiger partial charge in [-0.1, -0.05) is 35.9 Å². The van der Waals surface area contributed by atoms with Gasteiger partial charge in [-0.2, -0.15) is 0 Å². The minimum Gasteiger partial charge on any atom is -0.481 e. The van der Waals surface area contributed by atoms with Crippen LogP contribution in [0.5, 0.6) is 0 Å². The Kier molecular flexibility index (Phi) is 4.09. The third kappa shape index (κ3) is 2.99. The van der Waals surface area contributed by atoms with Gasteiger partial charge < -0.3 is 5.11 Å². The molecule has 0 aliphatic rings. The first-order valence-electron chi connectivity index (χ1n) is 6.16. The van der Waals surface area contributed by atoms with Gasteiger partial charge in [0.05, 0.1) is 5.41 Å². The highest BCUT2D eigenvalue weighted by molar-refractivity contribution is 6.30. The summed E-state index contributed by atoms with van der Waals surface area (Å²) >= 11 is 5.92. The second-order valence-electron chi connectivity index (χ2n) is 4.95. The van der Waals surface area contributed by atoms with Crippen LogP contribution in [0.1, 0.15) is 18.1 Å². The Morgan fingerprint density at radius 3 is 2.55 bits per heavy atom. The maximum Gasteiger partial charge on any atom is 0.314 e. The molecule has 0 bridgehead atoms. The smallest absolute Gasteiger partial charge is 0.314 e. The Morgan fingerprint density at radius 2 is 1.95 bits per heavy atom. The van der Waals surface area contributed by atoms with Gasteiger partial charge in [-0.25, -0.2) is 4.39 Å². The number of hydrogen-bond donors (Lipinski definition) is 1. The van der Waals surface area contributed by atoms with E-state index in [0.29, 0.717) is 10.6 Å². The molecule has 0 saturated carbocycles. The number of carboxylic acid groups (broad SMARTS) is 1. The van der Waals surface area contributed by atoms with Crippen molar-refractivity contribution in [1.29, 1.82) is 0 Å². The van der Waals surface area contributed by atoms with Crippen molar-refractivity contribution in [3.8, 4) is 0 Å². The minimum absolute atomic E-state index is 0.242. The van der Waals surface area contributed by atoms with Gasteiger partial charge in [0.25, 0.3) is 0 Å². The van der Waals surface area contributed by atoms with E-state index in [9.17, 15) is 14.3 Å². The van der Waals surface area contributed by atoms with Gasteiger partial charge in [-0.05, 0) is 48.7 Å². The molecule has 0 aliphatic heterocycles. The van der Waals surface area contributed by atoms with E-state index < -0.39 is 17.2 Å². The quantitative estimate of drug-likeness (QED) is 0.922. The summed E-state index contributed by atoms with van der Waals surface area (Å²) in [6.45, 7) is 1.59. The summed E-state index contributed by atoms with van der Waals surface area (Å²) in [6.07, 6.45) is 0.242. The summed E-state index contributed by atoms with van der Waals surface area (Å²) < 4.78 is 13.3. The molecule has 0 spiro atoms. The molecule has 0 heterocycles. The second-order valence-corrected chi connectivity index (χ2v) is 5.39. The zero-order chi connectivity index (χ0) is 14.8. The van der Waals surface area contributed by atoms with Gasteiger partial charge in [0, 0.05) is 5.02 Å². The van der Waals surface area contributed by atoms with E-state index in [1.165, 1.54) is 18.2 Å². The van der Waals surface area contributed by atoms with E-state index in [1.807, 2.05) is 6.07 Å². The fourth-order valence-corrected chi connectivity index (χ4v) is 2.40. The average molecular weight is 293 g/mol. The van der Waals surface area contributed by atoms with Crippen LogP contribution in [-0.2, 0) is 16.6 Å². The van der Waals surface area contributed by atoms with Crippen LogP contribution in [0.4, 0.5) is 4.39 Å². The topological polar surface area (TPSA) is 37.3 Å². The summed E-state index contributed by atoms with van der Waals surface area (Å²) in [5.41, 5.74) is 0.0314. The van der Waals surface area contributed by atoms with Crippen LogP contribution < -0.4 is 0 Å². The molecule has 1 unspecified atom stereocenters. The van der Waals surface area contributed by atoms with Crippen LogP contribution >= 0.6 is 11.6 Å². The fraction of sp³-hybridized carbons (Fsp3) is 0.188. The third-order valence-electron chi connectivity index (χ3n) is 3.38. The first-order valence-corrected chi connectivity index (χ1v) is 6.53. The van der Waals surface area contributed by atoms with Gasteiger partial charge in [-0.15, -0.1) is 0 Å². The van der Waals surface area contributed by atoms with Crippen LogP contribution in [0, 0.1) is 5.82 Å². The predicted molar refractivity (Wildman–Crippen MR) is 76.5 cm³/mol. The highest BCUT2D eigenvalue weighted by Crippen LogP contribution is 2.30. The lowest BCUT2D eigenvalue weighted by molar-refractivity contribution is -0.143. The molecule has 0 aliphatic carbocycles. The van der Waals surface area contributed by atoms with Crippen molar-refractivity contribution in [1.82, 2.24) is 0 Å². The number of carboxylic acids is 1. The molecule has 0 saturated heterocycles. The number of carbonyl (C=O) groups is 1. The molecular weight excluding hydrogens is 279 g/mol. The lowest BCUT2D eigenvalue weighted by Gasteiger charge is -2.25. The summed E-state index contributed by atoms with van der Waals surface area (Å²) in [6, 6.07) is 12.7. The highest BCUT2D eigenvalue weighted by Gasteiger charge is 2.35. The first-order chi connectivity index (χ1) is 9.41. The normalized spacial score (nSPS) is 13.8. The summed E-state index contributed by atoms with van der Waals surface area (Å²) in [5.74, 6) is -1.44. The molecule has 2 aromatic carbocycles. The molecule has 1 atom stereocenters. The van der Waals surface area contributed by atoms with Crippen LogP contribution in [0.2, 0.25) is 5.02 Å². The zero-order valence-electron chi connectivity index (χ0n) is 10.9. The van der Waals surface area contributed by atoms with Crippen molar-refractivity contribution in [3.05, 3.63) is 70.5 Å². The Labute approximate surface area is 121 Å². The Morgan fingerprint density at radius 1 is 1.25 bits per heavy atom. The van der Waals surface area contributed by atoms with E-state index in [1.54, 1.807) is 31.2 Å². The highest BCUT2D eigenvalue weighted by atomic mass is 35.5. The van der Waals surface area contributed by atoms with E-state index in [0.717, 1.165) is 5.56 Å². The first kappa shape index (κ1) is 14.5. The van der Waals surface area contributed by atoms with E-state index in [4.69, 9.17) is 11.6 Å². The van der Waals surface area contributed by atoms with Crippen molar-refractivity contribution in [2.45, 2.75) is 18.8 Å².